The summed E-state index contributed by atoms with van der Waals surface area (Å²) in [5.41, 5.74) is 0. The van der Waals surface area contributed by atoms with Crippen LogP contribution in [0, 0.1) is 0 Å². The van der Waals surface area contributed by atoms with E-state index in [9.17, 15) is 9.59 Å². The third-order valence-corrected chi connectivity index (χ3v) is 3.83. The van der Waals surface area contributed by atoms with Gasteiger partial charge in [0.15, 0.2) is 5.76 Å². The van der Waals surface area contributed by atoms with Crippen molar-refractivity contribution in [2.45, 2.75) is 38.6 Å². The normalized spacial score (nSPS) is 17.4. The van der Waals surface area contributed by atoms with Gasteiger partial charge in [-0.25, -0.2) is 0 Å². The number of amides is 2. The number of rotatable bonds is 7. The Bertz CT molecular complexity index is 479. The van der Waals surface area contributed by atoms with E-state index in [0.29, 0.717) is 25.3 Å². The van der Waals surface area contributed by atoms with Crippen molar-refractivity contribution in [1.29, 1.82) is 0 Å². The fourth-order valence-electron chi connectivity index (χ4n) is 2.68. The molecule has 2 N–H and O–H groups in total. The van der Waals surface area contributed by atoms with E-state index >= 15 is 0 Å². The van der Waals surface area contributed by atoms with E-state index in [4.69, 9.17) is 4.42 Å². The summed E-state index contributed by atoms with van der Waals surface area (Å²) < 4.78 is 5.17. The fraction of sp³-hybridized carbons (Fsp3) is 0.625. The zero-order valence-corrected chi connectivity index (χ0v) is 14.4. The number of likely N-dealkylation sites (tertiary alicyclic amines) is 1. The van der Waals surface area contributed by atoms with Crippen LogP contribution in [0.1, 0.15) is 43.2 Å². The maximum absolute atomic E-state index is 12.4. The highest BCUT2D eigenvalue weighted by molar-refractivity contribution is 5.95. The summed E-state index contributed by atoms with van der Waals surface area (Å²) in [7, 11) is 0. The van der Waals surface area contributed by atoms with Gasteiger partial charge < -0.3 is 20.0 Å². The number of carbonyl (C=O) groups excluding carboxylic acids is 2. The smallest absolute Gasteiger partial charge is 0.290 e. The van der Waals surface area contributed by atoms with Gasteiger partial charge in [0.2, 0.25) is 5.91 Å². The van der Waals surface area contributed by atoms with E-state index < -0.39 is 6.04 Å². The molecule has 1 fully saturated rings. The lowest BCUT2D eigenvalue weighted by atomic mass is 10.0. The molecule has 2 amide bonds. The molecule has 23 heavy (non-hydrogen) atoms. The molecule has 0 aromatic carbocycles. The molecule has 1 aliphatic rings. The standard InChI is InChI=1S/C16H25N3O3.ClH/c1-2-8-17-9-10-18-15(20)13-6-3-4-11-19(13)16(21)14-7-5-12-22-14;/h5,7,12-13,17H,2-4,6,8-11H2,1H3,(H,18,20);1H. The van der Waals surface area contributed by atoms with Gasteiger partial charge in [0.25, 0.3) is 5.91 Å². The molecule has 2 heterocycles. The Kier molecular flexibility index (Phi) is 8.73. The Hall–Kier alpha value is -1.53. The minimum Gasteiger partial charge on any atom is -0.459 e. The zero-order valence-electron chi connectivity index (χ0n) is 13.5. The van der Waals surface area contributed by atoms with Gasteiger partial charge in [-0.3, -0.25) is 9.59 Å². The van der Waals surface area contributed by atoms with Crippen molar-refractivity contribution in [1.82, 2.24) is 15.5 Å². The van der Waals surface area contributed by atoms with Gasteiger partial charge in [0, 0.05) is 19.6 Å². The third kappa shape index (κ3) is 5.55. The second-order valence-electron chi connectivity index (χ2n) is 5.53. The molecule has 0 radical (unpaired) electrons. The van der Waals surface area contributed by atoms with E-state index in [1.54, 1.807) is 17.0 Å². The highest BCUT2D eigenvalue weighted by Gasteiger charge is 2.33. The van der Waals surface area contributed by atoms with Crippen LogP contribution in [0.2, 0.25) is 0 Å². The van der Waals surface area contributed by atoms with Crippen LogP contribution in [0.5, 0.6) is 0 Å². The number of carbonyl (C=O) groups is 2. The van der Waals surface area contributed by atoms with Gasteiger partial charge in [-0.2, -0.15) is 0 Å². The Labute approximate surface area is 143 Å². The molecule has 1 atom stereocenters. The summed E-state index contributed by atoms with van der Waals surface area (Å²) in [5, 5.41) is 6.15. The predicted molar refractivity (Wildman–Crippen MR) is 90.8 cm³/mol. The van der Waals surface area contributed by atoms with Crippen molar-refractivity contribution in [3.63, 3.8) is 0 Å². The SMILES string of the molecule is CCCNCCNC(=O)C1CCCCN1C(=O)c1ccco1.Cl. The van der Waals surface area contributed by atoms with Gasteiger partial charge in [-0.1, -0.05) is 6.92 Å². The van der Waals surface area contributed by atoms with E-state index in [2.05, 4.69) is 17.6 Å². The Balaban J connectivity index is 0.00000264. The van der Waals surface area contributed by atoms with Crippen LogP contribution in [0.15, 0.2) is 22.8 Å². The highest BCUT2D eigenvalue weighted by atomic mass is 35.5. The molecule has 2 rings (SSSR count). The second kappa shape index (κ2) is 10.3. The molecule has 1 aliphatic heterocycles. The average molecular weight is 344 g/mol. The number of hydrogen-bond acceptors (Lipinski definition) is 4. The first kappa shape index (κ1) is 19.5. The van der Waals surface area contributed by atoms with Gasteiger partial charge in [0.05, 0.1) is 6.26 Å². The Morgan fingerprint density at radius 2 is 2.13 bits per heavy atom. The maximum atomic E-state index is 12.4. The van der Waals surface area contributed by atoms with Crippen molar-refractivity contribution < 1.29 is 14.0 Å². The number of hydrogen-bond donors (Lipinski definition) is 2. The first-order valence-corrected chi connectivity index (χ1v) is 8.07. The van der Waals surface area contributed by atoms with E-state index in [1.165, 1.54) is 6.26 Å². The Morgan fingerprint density at radius 1 is 1.30 bits per heavy atom. The van der Waals surface area contributed by atoms with Crippen molar-refractivity contribution in [2.75, 3.05) is 26.2 Å². The van der Waals surface area contributed by atoms with Gasteiger partial charge >= 0.3 is 0 Å². The zero-order chi connectivity index (χ0) is 15.8. The molecule has 0 saturated carbocycles. The van der Waals surface area contributed by atoms with Gasteiger partial charge in [-0.15, -0.1) is 12.4 Å². The summed E-state index contributed by atoms with van der Waals surface area (Å²) in [5.74, 6) is 0.0242. The highest BCUT2D eigenvalue weighted by Crippen LogP contribution is 2.20. The molecule has 0 aliphatic carbocycles. The lowest BCUT2D eigenvalue weighted by molar-refractivity contribution is -0.126. The van der Waals surface area contributed by atoms with Crippen molar-refractivity contribution in [2.24, 2.45) is 0 Å². The lowest BCUT2D eigenvalue weighted by Gasteiger charge is -2.34. The number of halogens is 1. The first-order chi connectivity index (χ1) is 10.7. The van der Waals surface area contributed by atoms with Crippen LogP contribution in [0.4, 0.5) is 0 Å². The van der Waals surface area contributed by atoms with Crippen molar-refractivity contribution in [3.8, 4) is 0 Å². The monoisotopic (exact) mass is 343 g/mol. The van der Waals surface area contributed by atoms with Crippen LogP contribution in [0.25, 0.3) is 0 Å². The number of furan rings is 1. The molecule has 1 saturated heterocycles. The summed E-state index contributed by atoms with van der Waals surface area (Å²) >= 11 is 0. The maximum Gasteiger partial charge on any atom is 0.290 e. The summed E-state index contributed by atoms with van der Waals surface area (Å²) in [6, 6.07) is 2.93. The molecule has 130 valence electrons. The molecule has 1 aromatic heterocycles. The Morgan fingerprint density at radius 3 is 2.83 bits per heavy atom. The summed E-state index contributed by atoms with van der Waals surface area (Å²) in [6.45, 7) is 4.98. The third-order valence-electron chi connectivity index (χ3n) is 3.83. The molecule has 1 unspecified atom stereocenters. The molecular weight excluding hydrogens is 318 g/mol. The molecule has 6 nitrogen and oxygen atoms in total. The van der Waals surface area contributed by atoms with E-state index in [-0.39, 0.29) is 24.2 Å². The largest absolute Gasteiger partial charge is 0.459 e. The molecule has 7 heteroatoms. The lowest BCUT2D eigenvalue weighted by Crippen LogP contribution is -2.52. The predicted octanol–water partition coefficient (Wildman–Crippen LogP) is 1.81. The quantitative estimate of drug-likeness (QED) is 0.740. The summed E-state index contributed by atoms with van der Waals surface area (Å²) in [4.78, 5) is 26.4. The van der Waals surface area contributed by atoms with Crippen molar-refractivity contribution in [3.05, 3.63) is 24.2 Å². The minimum atomic E-state index is -0.391. The number of nitrogens with zero attached hydrogens (tertiary/aromatic N) is 1. The van der Waals surface area contributed by atoms with Crippen LogP contribution in [-0.2, 0) is 4.79 Å². The molecule has 1 aromatic rings. The van der Waals surface area contributed by atoms with E-state index in [0.717, 1.165) is 32.4 Å². The van der Waals surface area contributed by atoms with Crippen LogP contribution >= 0.6 is 12.4 Å². The topological polar surface area (TPSA) is 74.6 Å². The average Bonchev–Trinajstić information content (AvgIpc) is 3.08. The second-order valence-corrected chi connectivity index (χ2v) is 5.53. The fourth-order valence-corrected chi connectivity index (χ4v) is 2.68. The first-order valence-electron chi connectivity index (χ1n) is 8.07. The molecule has 0 spiro atoms. The van der Waals surface area contributed by atoms with Gasteiger partial charge in [0.1, 0.15) is 6.04 Å². The summed E-state index contributed by atoms with van der Waals surface area (Å²) in [6.07, 6.45) is 5.15. The van der Waals surface area contributed by atoms with Crippen LogP contribution in [0.3, 0.4) is 0 Å². The van der Waals surface area contributed by atoms with Crippen LogP contribution < -0.4 is 10.6 Å². The number of piperidine rings is 1. The van der Waals surface area contributed by atoms with Crippen molar-refractivity contribution >= 4 is 24.2 Å². The molecular formula is C16H26ClN3O3. The minimum absolute atomic E-state index is 0. The number of nitrogens with one attached hydrogen (secondary N) is 2. The van der Waals surface area contributed by atoms with Crippen LogP contribution in [-0.4, -0.2) is 48.9 Å². The van der Waals surface area contributed by atoms with E-state index in [1.807, 2.05) is 0 Å². The van der Waals surface area contributed by atoms with Gasteiger partial charge in [-0.05, 0) is 44.4 Å². The molecule has 0 bridgehead atoms.